The first kappa shape index (κ1) is 14.2. The van der Waals surface area contributed by atoms with Gasteiger partial charge in [0.1, 0.15) is 0 Å². The molecule has 1 aromatic rings. The van der Waals surface area contributed by atoms with Gasteiger partial charge in [-0.25, -0.2) is 0 Å². The van der Waals surface area contributed by atoms with Gasteiger partial charge in [-0.05, 0) is 36.9 Å². The van der Waals surface area contributed by atoms with Crippen LogP contribution in [-0.4, -0.2) is 19.3 Å². The lowest BCUT2D eigenvalue weighted by molar-refractivity contribution is -0.289. The second kappa shape index (κ2) is 5.07. The van der Waals surface area contributed by atoms with Gasteiger partial charge in [-0.15, -0.1) is 0 Å². The summed E-state index contributed by atoms with van der Waals surface area (Å²) in [6.07, 6.45) is -3.87. The zero-order valence-corrected chi connectivity index (χ0v) is 10.1. The van der Waals surface area contributed by atoms with E-state index in [0.717, 1.165) is 31.5 Å². The molecule has 0 radical (unpaired) electrons. The fraction of sp³-hybridized carbons (Fsp3) is 0.538. The molecular formula is C13H14F5N. The highest BCUT2D eigenvalue weighted by Gasteiger charge is 2.58. The molecule has 1 aliphatic rings. The third-order valence-corrected chi connectivity index (χ3v) is 3.37. The van der Waals surface area contributed by atoms with Crippen LogP contribution in [0.2, 0.25) is 0 Å². The van der Waals surface area contributed by atoms with Crippen LogP contribution in [-0.2, 0) is 5.92 Å². The minimum absolute atomic E-state index is 0.00210. The molecule has 1 atom stereocenters. The molecule has 106 valence electrons. The molecule has 19 heavy (non-hydrogen) atoms. The summed E-state index contributed by atoms with van der Waals surface area (Å²) in [7, 11) is 0. The fourth-order valence-electron chi connectivity index (χ4n) is 2.29. The Morgan fingerprint density at radius 3 is 2.42 bits per heavy atom. The van der Waals surface area contributed by atoms with Crippen molar-refractivity contribution in [2.75, 3.05) is 13.1 Å². The second-order valence-electron chi connectivity index (χ2n) is 4.74. The molecule has 1 heterocycles. The monoisotopic (exact) mass is 279 g/mol. The van der Waals surface area contributed by atoms with E-state index < -0.39 is 17.7 Å². The van der Waals surface area contributed by atoms with Gasteiger partial charge in [0.05, 0.1) is 0 Å². The Labute approximate surface area is 107 Å². The van der Waals surface area contributed by atoms with Gasteiger partial charge in [-0.3, -0.25) is 0 Å². The van der Waals surface area contributed by atoms with E-state index in [2.05, 4.69) is 5.32 Å². The van der Waals surface area contributed by atoms with Crippen LogP contribution in [0.25, 0.3) is 0 Å². The molecule has 1 unspecified atom stereocenters. The average molecular weight is 279 g/mol. The number of benzene rings is 1. The third kappa shape index (κ3) is 2.88. The van der Waals surface area contributed by atoms with Gasteiger partial charge in [-0.2, -0.15) is 22.0 Å². The maximum absolute atomic E-state index is 13.3. The molecule has 1 N–H and O–H groups in total. The SMILES string of the molecule is FC(F)(F)C(F)(F)c1cccc(C2CCCNC2)c1. The standard InChI is InChI=1S/C13H14F5N/c14-12(15,13(16,17)18)11-5-1-3-9(7-11)10-4-2-6-19-8-10/h1,3,5,7,10,19H,2,4,6,8H2. The molecule has 1 aliphatic heterocycles. The van der Waals surface area contributed by atoms with E-state index in [0.29, 0.717) is 12.1 Å². The first-order chi connectivity index (χ1) is 8.82. The first-order valence-corrected chi connectivity index (χ1v) is 6.08. The Bertz CT molecular complexity index is 435. The van der Waals surface area contributed by atoms with Crippen LogP contribution in [0.4, 0.5) is 22.0 Å². The molecule has 1 saturated heterocycles. The third-order valence-electron chi connectivity index (χ3n) is 3.37. The average Bonchev–Trinajstić information content (AvgIpc) is 2.39. The lowest BCUT2D eigenvalue weighted by atomic mass is 9.90. The summed E-state index contributed by atoms with van der Waals surface area (Å²) in [5, 5.41) is 3.11. The Morgan fingerprint density at radius 2 is 1.84 bits per heavy atom. The van der Waals surface area contributed by atoms with E-state index in [-0.39, 0.29) is 5.92 Å². The molecule has 0 spiro atoms. The Kier molecular flexibility index (Phi) is 3.80. The maximum Gasteiger partial charge on any atom is 0.458 e. The van der Waals surface area contributed by atoms with Crippen LogP contribution in [0.15, 0.2) is 24.3 Å². The summed E-state index contributed by atoms with van der Waals surface area (Å²) < 4.78 is 63.5. The van der Waals surface area contributed by atoms with Crippen molar-refractivity contribution in [1.29, 1.82) is 0 Å². The van der Waals surface area contributed by atoms with Crippen molar-refractivity contribution in [3.63, 3.8) is 0 Å². The molecular weight excluding hydrogens is 265 g/mol. The van der Waals surface area contributed by atoms with Crippen LogP contribution in [0.1, 0.15) is 29.9 Å². The molecule has 0 aliphatic carbocycles. The Balaban J connectivity index is 2.28. The lowest BCUT2D eigenvalue weighted by Gasteiger charge is -2.25. The number of nitrogens with one attached hydrogen (secondary N) is 1. The van der Waals surface area contributed by atoms with E-state index in [1.165, 1.54) is 6.07 Å². The molecule has 1 nitrogen and oxygen atoms in total. The van der Waals surface area contributed by atoms with Crippen molar-refractivity contribution >= 4 is 0 Å². The van der Waals surface area contributed by atoms with E-state index >= 15 is 0 Å². The summed E-state index contributed by atoms with van der Waals surface area (Å²) in [5.74, 6) is -4.80. The van der Waals surface area contributed by atoms with Crippen molar-refractivity contribution in [1.82, 2.24) is 5.32 Å². The summed E-state index contributed by atoms with van der Waals surface area (Å²) in [5.41, 5.74) is -0.448. The Hall–Kier alpha value is -1.17. The summed E-state index contributed by atoms with van der Waals surface area (Å²) in [6, 6.07) is 4.67. The molecule has 1 aromatic carbocycles. The first-order valence-electron chi connectivity index (χ1n) is 6.08. The normalized spacial score (nSPS) is 21.4. The largest absolute Gasteiger partial charge is 0.458 e. The molecule has 0 aromatic heterocycles. The fourth-order valence-corrected chi connectivity index (χ4v) is 2.29. The molecule has 6 heteroatoms. The Morgan fingerprint density at radius 1 is 1.11 bits per heavy atom. The van der Waals surface area contributed by atoms with E-state index in [9.17, 15) is 22.0 Å². The van der Waals surface area contributed by atoms with Crippen molar-refractivity contribution in [2.24, 2.45) is 0 Å². The predicted molar refractivity (Wildman–Crippen MR) is 61.2 cm³/mol. The highest BCUT2D eigenvalue weighted by Crippen LogP contribution is 2.44. The van der Waals surface area contributed by atoms with Gasteiger partial charge < -0.3 is 5.32 Å². The van der Waals surface area contributed by atoms with Crippen LogP contribution in [0, 0.1) is 0 Å². The van der Waals surface area contributed by atoms with E-state index in [4.69, 9.17) is 0 Å². The molecule has 1 fully saturated rings. The van der Waals surface area contributed by atoms with Crippen LogP contribution < -0.4 is 5.32 Å². The zero-order valence-electron chi connectivity index (χ0n) is 10.1. The number of halogens is 5. The van der Waals surface area contributed by atoms with Gasteiger partial charge in [0, 0.05) is 12.1 Å². The van der Waals surface area contributed by atoms with Gasteiger partial charge in [-0.1, -0.05) is 18.2 Å². The quantitative estimate of drug-likeness (QED) is 0.812. The topological polar surface area (TPSA) is 12.0 Å². The molecule has 2 rings (SSSR count). The number of hydrogen-bond donors (Lipinski definition) is 1. The number of piperidine rings is 1. The van der Waals surface area contributed by atoms with Crippen LogP contribution in [0.3, 0.4) is 0 Å². The van der Waals surface area contributed by atoms with Gasteiger partial charge >= 0.3 is 12.1 Å². The highest BCUT2D eigenvalue weighted by molar-refractivity contribution is 5.30. The second-order valence-corrected chi connectivity index (χ2v) is 4.74. The molecule has 0 saturated carbocycles. The number of hydrogen-bond acceptors (Lipinski definition) is 1. The maximum atomic E-state index is 13.3. The molecule has 0 bridgehead atoms. The zero-order chi connectivity index (χ0) is 14.1. The van der Waals surface area contributed by atoms with Crippen LogP contribution >= 0.6 is 0 Å². The van der Waals surface area contributed by atoms with Gasteiger partial charge in [0.25, 0.3) is 0 Å². The summed E-state index contributed by atoms with van der Waals surface area (Å²) in [4.78, 5) is 0. The van der Waals surface area contributed by atoms with E-state index in [1.807, 2.05) is 0 Å². The van der Waals surface area contributed by atoms with Crippen molar-refractivity contribution in [3.05, 3.63) is 35.4 Å². The predicted octanol–water partition coefficient (Wildman–Crippen LogP) is 3.81. The minimum Gasteiger partial charge on any atom is -0.316 e. The van der Waals surface area contributed by atoms with Crippen molar-refractivity contribution < 1.29 is 22.0 Å². The summed E-state index contributed by atoms with van der Waals surface area (Å²) >= 11 is 0. The van der Waals surface area contributed by atoms with Gasteiger partial charge in [0.15, 0.2) is 0 Å². The van der Waals surface area contributed by atoms with Gasteiger partial charge in [0.2, 0.25) is 0 Å². The number of rotatable bonds is 2. The van der Waals surface area contributed by atoms with E-state index in [1.54, 1.807) is 6.07 Å². The van der Waals surface area contributed by atoms with Crippen LogP contribution in [0.5, 0.6) is 0 Å². The number of alkyl halides is 5. The lowest BCUT2D eigenvalue weighted by Crippen LogP contribution is -2.34. The minimum atomic E-state index is -5.56. The smallest absolute Gasteiger partial charge is 0.316 e. The van der Waals surface area contributed by atoms with Crippen molar-refractivity contribution in [3.8, 4) is 0 Å². The van der Waals surface area contributed by atoms with Crippen molar-refractivity contribution in [2.45, 2.75) is 30.9 Å². The molecule has 0 amide bonds. The summed E-state index contributed by atoms with van der Waals surface area (Å²) in [6.45, 7) is 1.47. The highest BCUT2D eigenvalue weighted by atomic mass is 19.4.